The van der Waals surface area contributed by atoms with Crippen LogP contribution in [0.4, 0.5) is 0 Å². The monoisotopic (exact) mass is 625 g/mol. The lowest BCUT2D eigenvalue weighted by atomic mass is 9.97. The molecule has 0 aliphatic carbocycles. The molecule has 0 saturated heterocycles. The molecule has 1 nitrogen and oxygen atoms in total. The summed E-state index contributed by atoms with van der Waals surface area (Å²) in [6, 6.07) is 0. The van der Waals surface area contributed by atoms with Crippen LogP contribution in [-0.2, 0) is 5.11 Å². The normalized spacial score (nSPS) is 16.7. The van der Waals surface area contributed by atoms with E-state index in [0.717, 1.165) is 0 Å². The molecule has 0 aromatic heterocycles. The first kappa shape index (κ1) is 27.3. The molecule has 0 amide bonds. The molecule has 0 aliphatic rings. The average Bonchev–Trinajstić information content (AvgIpc) is 2.22. The van der Waals surface area contributed by atoms with Gasteiger partial charge in [-0.3, -0.25) is 0 Å². The summed E-state index contributed by atoms with van der Waals surface area (Å²) in [5.74, 6) is 0. The number of rotatable bonds is 3. The third-order valence-corrected chi connectivity index (χ3v) is 9.55. The molecule has 1 radical (unpaired) electrons. The third kappa shape index (κ3) is 4.57. The Morgan fingerprint density at radius 1 is 0.348 bits per heavy atom. The van der Waals surface area contributed by atoms with E-state index >= 15 is 0 Å². The average molecular weight is 632 g/mol. The molecule has 0 aromatic carbocycles. The molecular weight excluding hydrogens is 632 g/mol. The lowest BCUT2D eigenvalue weighted by molar-refractivity contribution is -0.0423. The Morgan fingerprint density at radius 2 is 0.609 bits per heavy atom. The van der Waals surface area contributed by atoms with Gasteiger partial charge in [-0.05, 0) is 0 Å². The van der Waals surface area contributed by atoms with Crippen LogP contribution >= 0.6 is 174 Å². The van der Waals surface area contributed by atoms with E-state index in [0.29, 0.717) is 0 Å². The highest BCUT2D eigenvalue weighted by Crippen LogP contribution is 2.70. The molecule has 23 heavy (non-hydrogen) atoms. The third-order valence-electron chi connectivity index (χ3n) is 2.39. The molecule has 0 aliphatic heterocycles. The Bertz CT molecular complexity index is 422. The smallest absolute Gasteiger partial charge is 0.216 e. The maximum Gasteiger partial charge on any atom is 0.232 e. The van der Waals surface area contributed by atoms with Gasteiger partial charge in [-0.1, -0.05) is 174 Å². The van der Waals surface area contributed by atoms with Crippen molar-refractivity contribution in [2.45, 2.75) is 30.0 Å². The minimum Gasteiger partial charge on any atom is -0.216 e. The SMILES string of the molecule is [O]C(C(Cl)(Cl)Cl)(C(Cl)(Cl)Cl)C(Cl)(Cl)C(Cl)(Cl)C(Cl)(Cl)C(Cl)(Cl)Cl. The first-order valence-corrected chi connectivity index (χ1v) is 10.2. The Kier molecular flexibility index (Phi) is 9.33. The minimum atomic E-state index is -3.56. The summed E-state index contributed by atoms with van der Waals surface area (Å²) < 4.78 is -17.7. The van der Waals surface area contributed by atoms with Crippen LogP contribution < -0.4 is 0 Å². The van der Waals surface area contributed by atoms with E-state index in [9.17, 15) is 5.11 Å². The summed E-state index contributed by atoms with van der Waals surface area (Å²) in [6.45, 7) is 0. The standard InChI is InChI=1S/C7Cl15O/c8-2(9,1(23,5(14,15)16)6(17,18)19)3(10,11)4(12,13)7(20,21)22. The predicted octanol–water partition coefficient (Wildman–Crippen LogP) is 8.79. The van der Waals surface area contributed by atoms with Gasteiger partial charge in [-0.2, -0.15) is 0 Å². The van der Waals surface area contributed by atoms with Crippen molar-refractivity contribution in [2.75, 3.05) is 0 Å². The van der Waals surface area contributed by atoms with Crippen LogP contribution in [0.1, 0.15) is 0 Å². The van der Waals surface area contributed by atoms with Crippen LogP contribution in [-0.4, -0.2) is 30.0 Å². The lowest BCUT2D eigenvalue weighted by Crippen LogP contribution is -2.72. The zero-order chi connectivity index (χ0) is 19.5. The van der Waals surface area contributed by atoms with Gasteiger partial charge in [0.25, 0.3) is 0 Å². The molecule has 0 saturated carbocycles. The number of hydrogen-bond donors (Lipinski definition) is 0. The number of alkyl halides is 15. The second kappa shape index (κ2) is 7.86. The zero-order valence-electron chi connectivity index (χ0n) is 9.58. The predicted molar refractivity (Wildman–Crippen MR) is 108 cm³/mol. The van der Waals surface area contributed by atoms with Crippen LogP contribution in [0.25, 0.3) is 0 Å². The van der Waals surface area contributed by atoms with Gasteiger partial charge in [0, 0.05) is 0 Å². The quantitative estimate of drug-likeness (QED) is 0.278. The first-order valence-electron chi connectivity index (χ1n) is 4.54. The van der Waals surface area contributed by atoms with Crippen LogP contribution in [0.5, 0.6) is 0 Å². The van der Waals surface area contributed by atoms with Crippen molar-refractivity contribution in [3.05, 3.63) is 0 Å². The fourth-order valence-electron chi connectivity index (χ4n) is 1.11. The molecule has 0 bridgehead atoms. The van der Waals surface area contributed by atoms with Gasteiger partial charge in [-0.25, -0.2) is 5.11 Å². The summed E-state index contributed by atoms with van der Waals surface area (Å²) >= 11 is 85.6. The molecule has 139 valence electrons. The van der Waals surface area contributed by atoms with E-state index in [1.807, 2.05) is 0 Å². The summed E-state index contributed by atoms with van der Waals surface area (Å²) in [6.07, 6.45) is 0. The molecular formula is C7Cl15O. The van der Waals surface area contributed by atoms with E-state index in [4.69, 9.17) is 174 Å². The van der Waals surface area contributed by atoms with Crippen molar-refractivity contribution < 1.29 is 5.11 Å². The van der Waals surface area contributed by atoms with E-state index in [2.05, 4.69) is 0 Å². The first-order chi connectivity index (χ1) is 9.50. The van der Waals surface area contributed by atoms with Gasteiger partial charge in [0.05, 0.1) is 0 Å². The highest BCUT2D eigenvalue weighted by molar-refractivity contribution is 6.81. The van der Waals surface area contributed by atoms with E-state index < -0.39 is 30.0 Å². The fourth-order valence-corrected chi connectivity index (χ4v) is 6.42. The molecule has 0 rings (SSSR count). The van der Waals surface area contributed by atoms with Gasteiger partial charge >= 0.3 is 0 Å². The van der Waals surface area contributed by atoms with E-state index in [1.165, 1.54) is 0 Å². The molecule has 0 aromatic rings. The number of halogens is 15. The summed E-state index contributed by atoms with van der Waals surface area (Å²) in [4.78, 5) is 0. The Morgan fingerprint density at radius 3 is 0.783 bits per heavy atom. The van der Waals surface area contributed by atoms with Crippen LogP contribution in [0.3, 0.4) is 0 Å². The van der Waals surface area contributed by atoms with Crippen molar-refractivity contribution in [3.63, 3.8) is 0 Å². The topological polar surface area (TPSA) is 19.9 Å². The van der Waals surface area contributed by atoms with Gasteiger partial charge < -0.3 is 0 Å². The Labute approximate surface area is 206 Å². The van der Waals surface area contributed by atoms with Gasteiger partial charge in [0.15, 0.2) is 8.67 Å². The van der Waals surface area contributed by atoms with Gasteiger partial charge in [0.1, 0.15) is 0 Å². The fraction of sp³-hybridized carbons (Fsp3) is 1.00. The molecule has 0 heterocycles. The highest BCUT2D eigenvalue weighted by atomic mass is 35.6. The zero-order valence-corrected chi connectivity index (χ0v) is 20.9. The molecule has 16 heteroatoms. The largest absolute Gasteiger partial charge is 0.232 e. The highest BCUT2D eigenvalue weighted by Gasteiger charge is 2.82. The molecule has 0 unspecified atom stereocenters. The van der Waals surface area contributed by atoms with Crippen LogP contribution in [0.2, 0.25) is 0 Å². The van der Waals surface area contributed by atoms with Crippen molar-refractivity contribution >= 4 is 174 Å². The van der Waals surface area contributed by atoms with Crippen molar-refractivity contribution in [3.8, 4) is 0 Å². The van der Waals surface area contributed by atoms with Gasteiger partial charge in [-0.15, -0.1) is 0 Å². The summed E-state index contributed by atoms with van der Waals surface area (Å²) in [5.41, 5.74) is -3.56. The Balaban J connectivity index is 6.65. The minimum absolute atomic E-state index is 2.63. The summed E-state index contributed by atoms with van der Waals surface area (Å²) in [7, 11) is 0. The number of hydrogen-bond acceptors (Lipinski definition) is 0. The second-order valence-electron chi connectivity index (χ2n) is 3.90. The summed E-state index contributed by atoms with van der Waals surface area (Å²) in [5, 5.41) is 13.1. The maximum atomic E-state index is 13.1. The molecule has 0 atom stereocenters. The van der Waals surface area contributed by atoms with Crippen LogP contribution in [0.15, 0.2) is 0 Å². The maximum absolute atomic E-state index is 13.1. The van der Waals surface area contributed by atoms with Crippen molar-refractivity contribution in [1.82, 2.24) is 0 Å². The molecule has 0 spiro atoms. The second-order valence-corrected chi connectivity index (χ2v) is 14.7. The Hall–Kier alpha value is 4.31. The van der Waals surface area contributed by atoms with Crippen molar-refractivity contribution in [1.29, 1.82) is 0 Å². The molecule has 0 N–H and O–H groups in total. The molecule has 0 fully saturated rings. The van der Waals surface area contributed by atoms with Crippen molar-refractivity contribution in [2.24, 2.45) is 0 Å². The van der Waals surface area contributed by atoms with Gasteiger partial charge in [0.2, 0.25) is 21.3 Å². The van der Waals surface area contributed by atoms with Crippen LogP contribution in [0, 0.1) is 0 Å². The lowest BCUT2D eigenvalue weighted by Gasteiger charge is -2.52. The van der Waals surface area contributed by atoms with E-state index in [1.54, 1.807) is 0 Å². The van der Waals surface area contributed by atoms with E-state index in [-0.39, 0.29) is 0 Å².